The number of hydrogen-bond donors (Lipinski definition) is 1. The molecule has 6 heteroatoms. The molecule has 1 heterocycles. The number of rotatable bonds is 1. The predicted molar refractivity (Wildman–Crippen MR) is 46.8 cm³/mol. The second kappa shape index (κ2) is 3.26. The van der Waals surface area contributed by atoms with Crippen LogP contribution in [0.25, 0.3) is 0 Å². The van der Waals surface area contributed by atoms with E-state index < -0.39 is 21.3 Å². The number of esters is 1. The summed E-state index contributed by atoms with van der Waals surface area (Å²) in [5.41, 5.74) is 4.31. The molecule has 0 saturated carbocycles. The molecule has 1 atom stereocenters. The molecule has 76 valence electrons. The van der Waals surface area contributed by atoms with Crippen molar-refractivity contribution in [1.82, 2.24) is 0 Å². The first-order valence-electron chi connectivity index (χ1n) is 3.97. The molecule has 0 radical (unpaired) electrons. The molecule has 0 amide bonds. The molecule has 1 unspecified atom stereocenters. The van der Waals surface area contributed by atoms with Gasteiger partial charge < -0.3 is 10.5 Å². The van der Waals surface area contributed by atoms with E-state index >= 15 is 0 Å². The summed E-state index contributed by atoms with van der Waals surface area (Å²) in [5.74, 6) is -0.828. The van der Waals surface area contributed by atoms with Crippen molar-refractivity contribution >= 4 is 15.8 Å². The van der Waals surface area contributed by atoms with E-state index in [1.807, 2.05) is 0 Å². The smallest absolute Gasteiger partial charge is 0.326 e. The fourth-order valence-electron chi connectivity index (χ4n) is 1.51. The first-order valence-corrected chi connectivity index (χ1v) is 5.79. The van der Waals surface area contributed by atoms with Crippen LogP contribution in [-0.2, 0) is 19.4 Å². The van der Waals surface area contributed by atoms with Crippen molar-refractivity contribution in [3.05, 3.63) is 0 Å². The first-order chi connectivity index (χ1) is 5.90. The second-order valence-electron chi connectivity index (χ2n) is 3.34. The number of methoxy groups -OCH3 is 1. The Hall–Kier alpha value is -0.620. The van der Waals surface area contributed by atoms with Gasteiger partial charge in [-0.25, -0.2) is 8.42 Å². The van der Waals surface area contributed by atoms with Crippen molar-refractivity contribution in [3.8, 4) is 0 Å². The largest absolute Gasteiger partial charge is 0.468 e. The zero-order valence-electron chi connectivity index (χ0n) is 7.45. The number of carbonyl (C=O) groups excluding carboxylic acids is 1. The highest BCUT2D eigenvalue weighted by atomic mass is 32.2. The number of nitrogens with two attached hydrogens (primary N) is 1. The lowest BCUT2D eigenvalue weighted by atomic mass is 9.97. The molecule has 0 spiro atoms. The van der Waals surface area contributed by atoms with Crippen LogP contribution in [0.1, 0.15) is 12.8 Å². The van der Waals surface area contributed by atoms with Gasteiger partial charge in [0.15, 0.2) is 9.84 Å². The minimum Gasteiger partial charge on any atom is -0.468 e. The maximum absolute atomic E-state index is 11.2. The quantitative estimate of drug-likeness (QED) is 0.561. The highest BCUT2D eigenvalue weighted by molar-refractivity contribution is 7.91. The van der Waals surface area contributed by atoms with Gasteiger partial charge in [-0.2, -0.15) is 0 Å². The van der Waals surface area contributed by atoms with Crippen molar-refractivity contribution in [2.24, 2.45) is 5.73 Å². The molecule has 5 nitrogen and oxygen atoms in total. The lowest BCUT2D eigenvalue weighted by Crippen LogP contribution is -2.56. The van der Waals surface area contributed by atoms with Gasteiger partial charge in [0, 0.05) is 0 Å². The minimum atomic E-state index is -3.17. The Labute approximate surface area is 77.2 Å². The topological polar surface area (TPSA) is 86.5 Å². The third kappa shape index (κ3) is 2.19. The first kappa shape index (κ1) is 10.5. The van der Waals surface area contributed by atoms with E-state index in [1.165, 1.54) is 7.11 Å². The lowest BCUT2D eigenvalue weighted by Gasteiger charge is -2.29. The zero-order valence-corrected chi connectivity index (χ0v) is 8.26. The van der Waals surface area contributed by atoms with Crippen molar-refractivity contribution in [1.29, 1.82) is 0 Å². The van der Waals surface area contributed by atoms with E-state index in [1.54, 1.807) is 0 Å². The minimum absolute atomic E-state index is 0.114. The third-order valence-corrected chi connectivity index (χ3v) is 4.01. The van der Waals surface area contributed by atoms with Crippen LogP contribution in [0.3, 0.4) is 0 Å². The van der Waals surface area contributed by atoms with Crippen molar-refractivity contribution in [2.45, 2.75) is 18.4 Å². The van der Waals surface area contributed by atoms with E-state index in [4.69, 9.17) is 5.73 Å². The molecule has 0 aromatic rings. The average Bonchev–Trinajstić information content (AvgIpc) is 2.00. The molecular weight excluding hydrogens is 194 g/mol. The van der Waals surface area contributed by atoms with Crippen LogP contribution in [0, 0.1) is 0 Å². The zero-order chi connectivity index (χ0) is 10.1. The van der Waals surface area contributed by atoms with Gasteiger partial charge in [0.05, 0.1) is 18.6 Å². The predicted octanol–water partition coefficient (Wildman–Crippen LogP) is -0.934. The molecule has 0 aromatic carbocycles. The Balaban J connectivity index is 2.86. The Bertz CT molecular complexity index is 310. The van der Waals surface area contributed by atoms with E-state index in [2.05, 4.69) is 4.74 Å². The van der Waals surface area contributed by atoms with Gasteiger partial charge >= 0.3 is 5.97 Å². The van der Waals surface area contributed by atoms with Crippen molar-refractivity contribution in [2.75, 3.05) is 18.6 Å². The Morgan fingerprint density at radius 3 is 2.62 bits per heavy atom. The van der Waals surface area contributed by atoms with Gasteiger partial charge in [0.25, 0.3) is 0 Å². The summed E-state index contributed by atoms with van der Waals surface area (Å²) in [5, 5.41) is 0. The van der Waals surface area contributed by atoms with Crippen LogP contribution in [-0.4, -0.2) is 38.5 Å². The van der Waals surface area contributed by atoms with E-state index in [0.717, 1.165) is 0 Å². The van der Waals surface area contributed by atoms with E-state index in [9.17, 15) is 13.2 Å². The number of sulfone groups is 1. The molecule has 1 aliphatic rings. The molecule has 1 rings (SSSR count). The summed E-state index contributed by atoms with van der Waals surface area (Å²) in [6, 6.07) is 0. The van der Waals surface area contributed by atoms with E-state index in [-0.39, 0.29) is 11.5 Å². The maximum Gasteiger partial charge on any atom is 0.326 e. The molecular formula is C7H13NO4S. The van der Waals surface area contributed by atoms with Gasteiger partial charge in [-0.3, -0.25) is 4.79 Å². The molecule has 0 aliphatic carbocycles. The number of carbonyl (C=O) groups is 1. The van der Waals surface area contributed by atoms with Crippen molar-refractivity contribution in [3.63, 3.8) is 0 Å². The molecule has 1 saturated heterocycles. The van der Waals surface area contributed by atoms with Crippen LogP contribution >= 0.6 is 0 Å². The van der Waals surface area contributed by atoms with Crippen molar-refractivity contribution < 1.29 is 17.9 Å². The maximum atomic E-state index is 11.2. The molecule has 13 heavy (non-hydrogen) atoms. The monoisotopic (exact) mass is 207 g/mol. The van der Waals surface area contributed by atoms with Crippen LogP contribution in [0.2, 0.25) is 0 Å². The fourth-order valence-corrected chi connectivity index (χ4v) is 3.28. The summed E-state index contributed by atoms with van der Waals surface area (Å²) < 4.78 is 26.9. The lowest BCUT2D eigenvalue weighted by molar-refractivity contribution is -0.146. The summed E-state index contributed by atoms with van der Waals surface area (Å²) in [6.45, 7) is 0. The second-order valence-corrected chi connectivity index (χ2v) is 5.53. The van der Waals surface area contributed by atoms with Gasteiger partial charge in [0.2, 0.25) is 0 Å². The summed E-state index contributed by atoms with van der Waals surface area (Å²) in [4.78, 5) is 11.2. The molecule has 1 fully saturated rings. The van der Waals surface area contributed by atoms with Crippen LogP contribution < -0.4 is 5.73 Å². The Morgan fingerprint density at radius 2 is 2.15 bits per heavy atom. The van der Waals surface area contributed by atoms with E-state index in [0.29, 0.717) is 12.8 Å². The number of ether oxygens (including phenoxy) is 1. The Kier molecular flexibility index (Phi) is 2.63. The third-order valence-electron chi connectivity index (χ3n) is 2.15. The summed E-state index contributed by atoms with van der Waals surface area (Å²) in [6.07, 6.45) is 0.798. The van der Waals surface area contributed by atoms with Crippen LogP contribution in [0.4, 0.5) is 0 Å². The SMILES string of the molecule is COC(=O)C1(N)CCCS(=O)(=O)C1. The van der Waals surface area contributed by atoms with Gasteiger partial charge in [-0.05, 0) is 12.8 Å². The van der Waals surface area contributed by atoms with Gasteiger partial charge in [0.1, 0.15) is 5.54 Å². The molecule has 0 bridgehead atoms. The molecule has 2 N–H and O–H groups in total. The van der Waals surface area contributed by atoms with Crippen LogP contribution in [0.5, 0.6) is 0 Å². The normalized spacial score (nSPS) is 32.5. The van der Waals surface area contributed by atoms with Gasteiger partial charge in [-0.1, -0.05) is 0 Å². The van der Waals surface area contributed by atoms with Crippen LogP contribution in [0.15, 0.2) is 0 Å². The highest BCUT2D eigenvalue weighted by Gasteiger charge is 2.42. The summed E-state index contributed by atoms with van der Waals surface area (Å²) >= 11 is 0. The average molecular weight is 207 g/mol. The Morgan fingerprint density at radius 1 is 1.54 bits per heavy atom. The fraction of sp³-hybridized carbons (Fsp3) is 0.857. The molecule has 1 aliphatic heterocycles. The standard InChI is InChI=1S/C7H13NO4S/c1-12-6(9)7(8)3-2-4-13(10,11)5-7/h2-5,8H2,1H3. The highest BCUT2D eigenvalue weighted by Crippen LogP contribution is 2.21. The molecule has 0 aromatic heterocycles. The summed E-state index contributed by atoms with van der Waals surface area (Å²) in [7, 11) is -1.96. The van der Waals surface area contributed by atoms with Gasteiger partial charge in [-0.15, -0.1) is 0 Å². The number of hydrogen-bond acceptors (Lipinski definition) is 5.